The third kappa shape index (κ3) is 4.67. The number of aromatic nitrogens is 2. The van der Waals surface area contributed by atoms with Crippen molar-refractivity contribution in [2.45, 2.75) is 25.4 Å². The number of phenols is 3. The van der Waals surface area contributed by atoms with Crippen molar-refractivity contribution in [2.24, 2.45) is 0 Å². The van der Waals surface area contributed by atoms with Crippen molar-refractivity contribution in [1.82, 2.24) is 19.4 Å². The minimum Gasteiger partial charge on any atom is -0.508 e. The van der Waals surface area contributed by atoms with E-state index in [1.807, 2.05) is 0 Å². The lowest BCUT2D eigenvalue weighted by Crippen LogP contribution is -2.46. The Morgan fingerprint density at radius 1 is 1.12 bits per heavy atom. The van der Waals surface area contributed by atoms with E-state index in [-0.39, 0.29) is 23.6 Å². The highest BCUT2D eigenvalue weighted by Crippen LogP contribution is 2.26. The first-order valence-electron chi connectivity index (χ1n) is 10.3. The molecule has 8 nitrogen and oxygen atoms in total. The minimum absolute atomic E-state index is 0.0377. The number of piperidine rings is 1. The molecule has 1 saturated heterocycles. The molecule has 0 saturated carbocycles. The molecule has 1 aliphatic rings. The Kier molecular flexibility index (Phi) is 6.00. The van der Waals surface area contributed by atoms with E-state index in [2.05, 4.69) is 9.88 Å². The molecule has 9 heteroatoms. The van der Waals surface area contributed by atoms with Gasteiger partial charge >= 0.3 is 6.03 Å². The molecule has 2 heterocycles. The molecule has 0 atom stereocenters. The molecule has 1 fully saturated rings. The van der Waals surface area contributed by atoms with Crippen molar-refractivity contribution in [3.05, 3.63) is 60.3 Å². The number of likely N-dealkylation sites (tertiary alicyclic amines) is 1. The van der Waals surface area contributed by atoms with Gasteiger partial charge in [-0.15, -0.1) is 0 Å². The second-order valence-corrected chi connectivity index (χ2v) is 8.09. The number of hydrogen-bond acceptors (Lipinski definition) is 6. The Morgan fingerprint density at radius 2 is 1.81 bits per heavy atom. The van der Waals surface area contributed by atoms with Crippen LogP contribution < -0.4 is 0 Å². The van der Waals surface area contributed by atoms with Gasteiger partial charge < -0.3 is 20.2 Å². The lowest BCUT2D eigenvalue weighted by atomic mass is 10.0. The van der Waals surface area contributed by atoms with Crippen LogP contribution in [0.4, 0.5) is 9.18 Å². The number of nitrogens with zero attached hydrogens (tertiary/aromatic N) is 4. The monoisotopic (exact) mass is 440 g/mol. The van der Waals surface area contributed by atoms with E-state index in [0.29, 0.717) is 17.8 Å². The summed E-state index contributed by atoms with van der Waals surface area (Å²) in [6, 6.07) is 8.36. The average molecular weight is 440 g/mol. The highest BCUT2D eigenvalue weighted by atomic mass is 19.1. The van der Waals surface area contributed by atoms with E-state index in [1.54, 1.807) is 30.3 Å². The number of aromatic hydroxyl groups is 3. The number of phenolic OH excluding ortho intramolecular Hbond substituents is 3. The lowest BCUT2D eigenvalue weighted by Gasteiger charge is -2.36. The van der Waals surface area contributed by atoms with Gasteiger partial charge in [0.05, 0.1) is 5.69 Å². The molecule has 2 aromatic carbocycles. The van der Waals surface area contributed by atoms with Crippen LogP contribution in [0.5, 0.6) is 17.2 Å². The maximum atomic E-state index is 13.3. The molecule has 0 spiro atoms. The molecule has 1 amide bonds. The molecular weight excluding hydrogens is 415 g/mol. The molecule has 1 aliphatic heterocycles. The van der Waals surface area contributed by atoms with Gasteiger partial charge in [-0.3, -0.25) is 9.47 Å². The Labute approximate surface area is 184 Å². The number of imidazole rings is 1. The molecule has 4 rings (SSSR count). The smallest absolute Gasteiger partial charge is 0.329 e. The van der Waals surface area contributed by atoms with Gasteiger partial charge in [-0.2, -0.15) is 0 Å². The van der Waals surface area contributed by atoms with E-state index >= 15 is 0 Å². The second-order valence-electron chi connectivity index (χ2n) is 8.09. The first kappa shape index (κ1) is 21.6. The number of carbonyl (C=O) groups excluding carboxylic acids is 1. The first-order valence-corrected chi connectivity index (χ1v) is 10.3. The Morgan fingerprint density at radius 3 is 2.47 bits per heavy atom. The quantitative estimate of drug-likeness (QED) is 0.575. The summed E-state index contributed by atoms with van der Waals surface area (Å²) >= 11 is 0. The summed E-state index contributed by atoms with van der Waals surface area (Å²) in [6.07, 6.45) is 4.56. The van der Waals surface area contributed by atoms with Gasteiger partial charge in [-0.05, 0) is 48.7 Å². The van der Waals surface area contributed by atoms with Crippen molar-refractivity contribution in [3.8, 4) is 28.5 Å². The highest BCUT2D eigenvalue weighted by Gasteiger charge is 2.26. The topological polar surface area (TPSA) is 102 Å². The average Bonchev–Trinajstić information content (AvgIpc) is 3.25. The maximum Gasteiger partial charge on any atom is 0.329 e. The highest BCUT2D eigenvalue weighted by molar-refractivity contribution is 5.78. The van der Waals surface area contributed by atoms with Gasteiger partial charge in [0.2, 0.25) is 0 Å². The van der Waals surface area contributed by atoms with Gasteiger partial charge in [0, 0.05) is 50.6 Å². The van der Waals surface area contributed by atoms with Crippen LogP contribution in [0.15, 0.2) is 48.9 Å². The SMILES string of the molecule is CN(C(=O)n1cnc(-c2ccc(F)c(O)c2)c1)C1CCN(Cc2cc(O)cc(O)c2)CC1. The fraction of sp³-hybridized carbons (Fsp3) is 0.304. The summed E-state index contributed by atoms with van der Waals surface area (Å²) in [5, 5.41) is 28.9. The van der Waals surface area contributed by atoms with Crippen LogP contribution >= 0.6 is 0 Å². The van der Waals surface area contributed by atoms with Crippen molar-refractivity contribution in [2.75, 3.05) is 20.1 Å². The van der Waals surface area contributed by atoms with Crippen molar-refractivity contribution in [3.63, 3.8) is 0 Å². The van der Waals surface area contributed by atoms with E-state index in [0.717, 1.165) is 37.6 Å². The van der Waals surface area contributed by atoms with Crippen molar-refractivity contribution in [1.29, 1.82) is 0 Å². The predicted octanol–water partition coefficient (Wildman–Crippen LogP) is 3.37. The first-order chi connectivity index (χ1) is 15.3. The second kappa shape index (κ2) is 8.88. The molecule has 168 valence electrons. The third-order valence-electron chi connectivity index (χ3n) is 5.82. The number of amides is 1. The molecule has 0 aliphatic carbocycles. The number of carbonyl (C=O) groups is 1. The minimum atomic E-state index is -0.712. The van der Waals surface area contributed by atoms with Crippen LogP contribution in [0.25, 0.3) is 11.3 Å². The fourth-order valence-electron chi connectivity index (χ4n) is 4.06. The molecule has 0 radical (unpaired) electrons. The largest absolute Gasteiger partial charge is 0.508 e. The van der Waals surface area contributed by atoms with Gasteiger partial charge in [0.25, 0.3) is 0 Å². The van der Waals surface area contributed by atoms with Crippen LogP contribution in [-0.4, -0.2) is 66.9 Å². The van der Waals surface area contributed by atoms with Gasteiger partial charge in [0.15, 0.2) is 11.6 Å². The number of hydrogen-bond donors (Lipinski definition) is 3. The van der Waals surface area contributed by atoms with Crippen molar-refractivity contribution >= 4 is 6.03 Å². The molecular formula is C23H25FN4O4. The Balaban J connectivity index is 1.36. The van der Waals surface area contributed by atoms with Gasteiger partial charge in [-0.25, -0.2) is 14.2 Å². The van der Waals surface area contributed by atoms with Crippen LogP contribution in [-0.2, 0) is 6.54 Å². The fourth-order valence-corrected chi connectivity index (χ4v) is 4.06. The van der Waals surface area contributed by atoms with Crippen LogP contribution in [0.1, 0.15) is 18.4 Å². The zero-order valence-electron chi connectivity index (χ0n) is 17.6. The number of halogens is 1. The zero-order chi connectivity index (χ0) is 22.8. The molecule has 3 N–H and O–H groups in total. The lowest BCUT2D eigenvalue weighted by molar-refractivity contribution is 0.131. The number of benzene rings is 2. The summed E-state index contributed by atoms with van der Waals surface area (Å²) in [7, 11) is 1.76. The maximum absolute atomic E-state index is 13.3. The molecule has 0 unspecified atom stereocenters. The predicted molar refractivity (Wildman–Crippen MR) is 116 cm³/mol. The summed E-state index contributed by atoms with van der Waals surface area (Å²) < 4.78 is 14.7. The van der Waals surface area contributed by atoms with Gasteiger partial charge in [0.1, 0.15) is 17.8 Å². The van der Waals surface area contributed by atoms with Crippen LogP contribution in [0.3, 0.4) is 0 Å². The normalized spacial score (nSPS) is 15.1. The van der Waals surface area contributed by atoms with Crippen LogP contribution in [0.2, 0.25) is 0 Å². The Hall–Kier alpha value is -3.59. The van der Waals surface area contributed by atoms with E-state index in [9.17, 15) is 24.5 Å². The van der Waals surface area contributed by atoms with E-state index in [4.69, 9.17) is 0 Å². The summed E-state index contributed by atoms with van der Waals surface area (Å²) in [5.41, 5.74) is 1.82. The molecule has 1 aromatic heterocycles. The third-order valence-corrected chi connectivity index (χ3v) is 5.82. The van der Waals surface area contributed by atoms with Gasteiger partial charge in [-0.1, -0.05) is 0 Å². The molecule has 0 bridgehead atoms. The number of rotatable bonds is 4. The Bertz CT molecular complexity index is 1100. The summed E-state index contributed by atoms with van der Waals surface area (Å²) in [6.45, 7) is 2.17. The summed E-state index contributed by atoms with van der Waals surface area (Å²) in [4.78, 5) is 21.1. The van der Waals surface area contributed by atoms with Crippen molar-refractivity contribution < 1.29 is 24.5 Å². The summed E-state index contributed by atoms with van der Waals surface area (Å²) in [5.74, 6) is -1.10. The standard InChI is InChI=1S/C23H25FN4O4/c1-26(17-4-6-27(7-5-17)12-15-8-18(29)11-19(30)9-15)23(32)28-13-21(25-14-28)16-2-3-20(24)22(31)10-16/h2-3,8-11,13-14,17,29-31H,4-7,12H2,1H3. The molecule has 3 aromatic rings. The molecule has 32 heavy (non-hydrogen) atoms. The van der Waals surface area contributed by atoms with Crippen LogP contribution in [0, 0.1) is 5.82 Å². The van der Waals surface area contributed by atoms with E-state index < -0.39 is 11.6 Å². The van der Waals surface area contributed by atoms with E-state index in [1.165, 1.54) is 29.1 Å². The zero-order valence-corrected chi connectivity index (χ0v) is 17.6.